The van der Waals surface area contributed by atoms with E-state index in [1.807, 2.05) is 6.92 Å². The molecular weight excluding hydrogens is 242 g/mol. The van der Waals surface area contributed by atoms with Crippen molar-refractivity contribution >= 4 is 5.97 Å². The van der Waals surface area contributed by atoms with Gasteiger partial charge < -0.3 is 14.8 Å². The summed E-state index contributed by atoms with van der Waals surface area (Å²) in [6, 6.07) is 3.31. The van der Waals surface area contributed by atoms with Crippen molar-refractivity contribution < 1.29 is 14.3 Å². The summed E-state index contributed by atoms with van der Waals surface area (Å²) in [7, 11) is 0. The number of rotatable bonds is 5. The van der Waals surface area contributed by atoms with Gasteiger partial charge in [-0.15, -0.1) is 0 Å². The van der Waals surface area contributed by atoms with Crippen LogP contribution >= 0.6 is 0 Å². The zero-order chi connectivity index (χ0) is 13.8. The maximum Gasteiger partial charge on any atom is 0.371 e. The van der Waals surface area contributed by atoms with Gasteiger partial charge in [-0.25, -0.2) is 4.79 Å². The van der Waals surface area contributed by atoms with Crippen molar-refractivity contribution in [1.82, 2.24) is 5.32 Å². The van der Waals surface area contributed by atoms with Crippen molar-refractivity contribution in [3.8, 4) is 0 Å². The Labute approximate surface area is 114 Å². The third-order valence-corrected chi connectivity index (χ3v) is 4.11. The molecule has 4 nitrogen and oxygen atoms in total. The van der Waals surface area contributed by atoms with E-state index >= 15 is 0 Å². The molecule has 0 aromatic carbocycles. The first-order chi connectivity index (χ1) is 9.06. The zero-order valence-corrected chi connectivity index (χ0v) is 11.7. The van der Waals surface area contributed by atoms with Crippen LogP contribution < -0.4 is 5.32 Å². The molecule has 4 heteroatoms. The predicted molar refractivity (Wildman–Crippen MR) is 73.2 cm³/mol. The van der Waals surface area contributed by atoms with E-state index in [0.717, 1.165) is 18.4 Å². The minimum absolute atomic E-state index is 0.00939. The number of nitrogens with one attached hydrogen (secondary N) is 1. The standard InChI is InChI=1S/C15H23NO3/c1-10-3-5-12(6-4-10)9-16-11(2)13-7-8-14(19-13)15(17)18/h7-8,10-12,16H,3-6,9H2,1-2H3,(H,17,18). The minimum Gasteiger partial charge on any atom is -0.475 e. The van der Waals surface area contributed by atoms with E-state index in [4.69, 9.17) is 9.52 Å². The Morgan fingerprint density at radius 1 is 1.42 bits per heavy atom. The van der Waals surface area contributed by atoms with Crippen molar-refractivity contribution in [2.24, 2.45) is 11.8 Å². The number of carboxylic acids is 1. The van der Waals surface area contributed by atoms with Crippen LogP contribution in [0.15, 0.2) is 16.5 Å². The molecule has 1 aliphatic carbocycles. The average molecular weight is 265 g/mol. The second-order valence-corrected chi connectivity index (χ2v) is 5.76. The number of hydrogen-bond donors (Lipinski definition) is 2. The number of carbonyl (C=O) groups is 1. The SMILES string of the molecule is CC1CCC(CNC(C)c2ccc(C(=O)O)o2)CC1. The molecule has 2 rings (SSSR count). The Hall–Kier alpha value is -1.29. The molecule has 1 heterocycles. The average Bonchev–Trinajstić information content (AvgIpc) is 2.87. The number of furan rings is 1. The Kier molecular flexibility index (Phi) is 4.64. The van der Waals surface area contributed by atoms with Crippen LogP contribution in [-0.4, -0.2) is 17.6 Å². The molecule has 1 atom stereocenters. The molecule has 1 unspecified atom stereocenters. The summed E-state index contributed by atoms with van der Waals surface area (Å²) in [6.07, 6.45) is 5.23. The summed E-state index contributed by atoms with van der Waals surface area (Å²) in [5, 5.41) is 12.3. The Bertz CT molecular complexity index is 419. The molecule has 19 heavy (non-hydrogen) atoms. The van der Waals surface area contributed by atoms with Crippen LogP contribution in [-0.2, 0) is 0 Å². The topological polar surface area (TPSA) is 62.5 Å². The first-order valence-corrected chi connectivity index (χ1v) is 7.12. The highest BCUT2D eigenvalue weighted by atomic mass is 16.4. The fourth-order valence-corrected chi connectivity index (χ4v) is 2.68. The van der Waals surface area contributed by atoms with Crippen LogP contribution in [0.1, 0.15) is 61.9 Å². The quantitative estimate of drug-likeness (QED) is 0.856. The third-order valence-electron chi connectivity index (χ3n) is 4.11. The van der Waals surface area contributed by atoms with Crippen molar-refractivity contribution in [3.63, 3.8) is 0 Å². The lowest BCUT2D eigenvalue weighted by Crippen LogP contribution is -2.28. The van der Waals surface area contributed by atoms with Gasteiger partial charge in [-0.2, -0.15) is 0 Å². The lowest BCUT2D eigenvalue weighted by molar-refractivity contribution is 0.0659. The summed E-state index contributed by atoms with van der Waals surface area (Å²) in [5.74, 6) is 1.31. The van der Waals surface area contributed by atoms with Crippen molar-refractivity contribution in [1.29, 1.82) is 0 Å². The van der Waals surface area contributed by atoms with Crippen LogP contribution in [0, 0.1) is 11.8 Å². The fourth-order valence-electron chi connectivity index (χ4n) is 2.68. The number of aromatic carboxylic acids is 1. The van der Waals surface area contributed by atoms with Gasteiger partial charge in [-0.1, -0.05) is 19.8 Å². The molecule has 0 aliphatic heterocycles. The molecule has 0 radical (unpaired) electrons. The van der Waals surface area contributed by atoms with Crippen molar-refractivity contribution in [2.45, 2.75) is 45.6 Å². The van der Waals surface area contributed by atoms with Gasteiger partial charge in [0.15, 0.2) is 0 Å². The lowest BCUT2D eigenvalue weighted by Gasteiger charge is -2.27. The molecular formula is C15H23NO3. The molecule has 1 aliphatic rings. The van der Waals surface area contributed by atoms with Crippen LogP contribution in [0.3, 0.4) is 0 Å². The van der Waals surface area contributed by atoms with Gasteiger partial charge in [0, 0.05) is 0 Å². The highest BCUT2D eigenvalue weighted by molar-refractivity contribution is 5.84. The minimum atomic E-state index is -1.01. The van der Waals surface area contributed by atoms with E-state index in [2.05, 4.69) is 12.2 Å². The Balaban J connectivity index is 1.80. The molecule has 0 amide bonds. The van der Waals surface area contributed by atoms with Gasteiger partial charge in [0.2, 0.25) is 5.76 Å². The maximum absolute atomic E-state index is 10.8. The van der Waals surface area contributed by atoms with Crippen LogP contribution in [0.25, 0.3) is 0 Å². The summed E-state index contributed by atoms with van der Waals surface area (Å²) in [4.78, 5) is 10.8. The summed E-state index contributed by atoms with van der Waals surface area (Å²) >= 11 is 0. The molecule has 0 saturated heterocycles. The molecule has 1 fully saturated rings. The largest absolute Gasteiger partial charge is 0.475 e. The molecule has 1 aromatic heterocycles. The molecule has 106 valence electrons. The normalized spacial score (nSPS) is 25.2. The molecule has 2 N–H and O–H groups in total. The second kappa shape index (κ2) is 6.24. The lowest BCUT2D eigenvalue weighted by atomic mass is 9.83. The fraction of sp³-hybridized carbons (Fsp3) is 0.667. The van der Waals surface area contributed by atoms with Gasteiger partial charge in [0.1, 0.15) is 5.76 Å². The smallest absolute Gasteiger partial charge is 0.371 e. The van der Waals surface area contributed by atoms with Crippen molar-refractivity contribution in [2.75, 3.05) is 6.54 Å². The van der Waals surface area contributed by atoms with E-state index in [-0.39, 0.29) is 11.8 Å². The van der Waals surface area contributed by atoms with Crippen LogP contribution in [0.5, 0.6) is 0 Å². The molecule has 0 spiro atoms. The first-order valence-electron chi connectivity index (χ1n) is 7.12. The Morgan fingerprint density at radius 3 is 2.68 bits per heavy atom. The highest BCUT2D eigenvalue weighted by Gasteiger charge is 2.20. The van der Waals surface area contributed by atoms with Crippen molar-refractivity contribution in [3.05, 3.63) is 23.7 Å². The van der Waals surface area contributed by atoms with Gasteiger partial charge in [-0.05, 0) is 50.3 Å². The summed E-state index contributed by atoms with van der Waals surface area (Å²) in [6.45, 7) is 5.31. The number of carboxylic acid groups (broad SMARTS) is 1. The molecule has 1 aromatic rings. The molecule has 0 bridgehead atoms. The monoisotopic (exact) mass is 265 g/mol. The maximum atomic E-state index is 10.8. The van der Waals surface area contributed by atoms with E-state index < -0.39 is 5.97 Å². The second-order valence-electron chi connectivity index (χ2n) is 5.76. The van der Waals surface area contributed by atoms with Crippen LogP contribution in [0.2, 0.25) is 0 Å². The van der Waals surface area contributed by atoms with Gasteiger partial charge in [0.25, 0.3) is 0 Å². The van der Waals surface area contributed by atoms with E-state index in [9.17, 15) is 4.79 Å². The van der Waals surface area contributed by atoms with E-state index in [1.165, 1.54) is 31.7 Å². The highest BCUT2D eigenvalue weighted by Crippen LogP contribution is 2.28. The van der Waals surface area contributed by atoms with Gasteiger partial charge in [0.05, 0.1) is 6.04 Å². The summed E-state index contributed by atoms with van der Waals surface area (Å²) in [5.41, 5.74) is 0. The summed E-state index contributed by atoms with van der Waals surface area (Å²) < 4.78 is 5.30. The van der Waals surface area contributed by atoms with Gasteiger partial charge in [-0.3, -0.25) is 0 Å². The van der Waals surface area contributed by atoms with Gasteiger partial charge >= 0.3 is 5.97 Å². The third kappa shape index (κ3) is 3.83. The zero-order valence-electron chi connectivity index (χ0n) is 11.7. The van der Waals surface area contributed by atoms with E-state index in [1.54, 1.807) is 6.07 Å². The predicted octanol–water partition coefficient (Wildman–Crippen LogP) is 3.45. The number of hydrogen-bond acceptors (Lipinski definition) is 3. The first kappa shape index (κ1) is 14.1. The molecule has 1 saturated carbocycles. The van der Waals surface area contributed by atoms with E-state index in [0.29, 0.717) is 5.76 Å². The Morgan fingerprint density at radius 2 is 2.11 bits per heavy atom. The van der Waals surface area contributed by atoms with Crippen LogP contribution in [0.4, 0.5) is 0 Å².